The van der Waals surface area contributed by atoms with Gasteiger partial charge in [-0.05, 0) is 51.1 Å². The summed E-state index contributed by atoms with van der Waals surface area (Å²) in [6.45, 7) is 4.93. The van der Waals surface area contributed by atoms with E-state index in [1.807, 2.05) is 12.1 Å². The van der Waals surface area contributed by atoms with Gasteiger partial charge in [0, 0.05) is 24.2 Å². The Balaban J connectivity index is 1.92. The van der Waals surface area contributed by atoms with Gasteiger partial charge in [-0.3, -0.25) is 9.59 Å². The highest BCUT2D eigenvalue weighted by Gasteiger charge is 2.27. The molecule has 1 unspecified atom stereocenters. The van der Waals surface area contributed by atoms with E-state index in [2.05, 4.69) is 10.6 Å². The Morgan fingerprint density at radius 1 is 1.11 bits per heavy atom. The Bertz CT molecular complexity index is 1380. The van der Waals surface area contributed by atoms with Gasteiger partial charge in [0.15, 0.2) is 0 Å². The van der Waals surface area contributed by atoms with Gasteiger partial charge in [-0.1, -0.05) is 12.1 Å². The topological polar surface area (TPSA) is 147 Å². The SMILES string of the molecule is COc1ccc(N(C)c2cc(=O)oc3ccccc23)cc1NC(=O)C(CC(=O)O)NC(=O)OC(C)(C)C. The fourth-order valence-electron chi connectivity index (χ4n) is 3.57. The number of ether oxygens (including phenoxy) is 2. The third kappa shape index (κ3) is 7.00. The number of amides is 2. The normalized spacial score (nSPS) is 11.9. The number of rotatable bonds is 8. The lowest BCUT2D eigenvalue weighted by Gasteiger charge is -2.24. The van der Waals surface area contributed by atoms with Gasteiger partial charge in [0.05, 0.1) is 24.9 Å². The second-order valence-electron chi connectivity index (χ2n) is 9.18. The monoisotopic (exact) mass is 511 g/mol. The van der Waals surface area contributed by atoms with Crippen LogP contribution in [0.25, 0.3) is 11.0 Å². The molecule has 2 amide bonds. The molecular formula is C26H29N3O8. The summed E-state index contributed by atoms with van der Waals surface area (Å²) in [5.41, 5.74) is 0.447. The second-order valence-corrected chi connectivity index (χ2v) is 9.18. The molecule has 0 radical (unpaired) electrons. The summed E-state index contributed by atoms with van der Waals surface area (Å²) in [6.07, 6.45) is -1.59. The molecule has 11 nitrogen and oxygen atoms in total. The van der Waals surface area contributed by atoms with Crippen molar-refractivity contribution in [3.05, 3.63) is 59.0 Å². The summed E-state index contributed by atoms with van der Waals surface area (Å²) in [5, 5.41) is 14.9. The first kappa shape index (κ1) is 27.1. The number of fused-ring (bicyclic) bond motifs is 1. The maximum Gasteiger partial charge on any atom is 0.408 e. The number of carbonyl (C=O) groups excluding carboxylic acids is 2. The van der Waals surface area contributed by atoms with Crippen LogP contribution in [0.5, 0.6) is 5.75 Å². The Morgan fingerprint density at radius 2 is 1.81 bits per heavy atom. The summed E-state index contributed by atoms with van der Waals surface area (Å²) in [7, 11) is 3.16. The summed E-state index contributed by atoms with van der Waals surface area (Å²) in [6, 6.07) is 12.0. The number of carboxylic acid groups (broad SMARTS) is 1. The molecular weight excluding hydrogens is 482 g/mol. The summed E-state index contributed by atoms with van der Waals surface area (Å²) >= 11 is 0. The minimum atomic E-state index is -1.42. The van der Waals surface area contributed by atoms with E-state index in [9.17, 15) is 24.3 Å². The van der Waals surface area contributed by atoms with Crippen LogP contribution < -0.4 is 25.9 Å². The molecule has 0 aliphatic heterocycles. The Labute approximate surface area is 213 Å². The van der Waals surface area contributed by atoms with Crippen LogP contribution in [-0.4, -0.2) is 48.9 Å². The first-order valence-electron chi connectivity index (χ1n) is 11.3. The minimum absolute atomic E-state index is 0.227. The van der Waals surface area contributed by atoms with Gasteiger partial charge in [-0.2, -0.15) is 0 Å². The first-order valence-corrected chi connectivity index (χ1v) is 11.3. The number of carboxylic acids is 1. The Kier molecular flexibility index (Phi) is 8.06. The van der Waals surface area contributed by atoms with E-state index in [0.29, 0.717) is 28.1 Å². The van der Waals surface area contributed by atoms with Gasteiger partial charge in [0.25, 0.3) is 0 Å². The first-order chi connectivity index (χ1) is 17.4. The molecule has 3 aromatic rings. The Hall–Kier alpha value is -4.54. The molecule has 37 heavy (non-hydrogen) atoms. The van der Waals surface area contributed by atoms with Crippen LogP contribution in [0.15, 0.2) is 57.7 Å². The number of alkyl carbamates (subject to hydrolysis) is 1. The van der Waals surface area contributed by atoms with Crippen molar-refractivity contribution in [2.75, 3.05) is 24.4 Å². The summed E-state index contributed by atoms with van der Waals surface area (Å²) in [5.74, 6) is -1.77. The molecule has 0 aliphatic rings. The quantitative estimate of drug-likeness (QED) is 0.383. The molecule has 0 aliphatic carbocycles. The van der Waals surface area contributed by atoms with Crippen molar-refractivity contribution in [1.29, 1.82) is 0 Å². The average Bonchev–Trinajstić information content (AvgIpc) is 2.81. The van der Waals surface area contributed by atoms with Gasteiger partial charge in [-0.15, -0.1) is 0 Å². The van der Waals surface area contributed by atoms with Crippen LogP contribution >= 0.6 is 0 Å². The predicted octanol–water partition coefficient (Wildman–Crippen LogP) is 3.88. The van der Waals surface area contributed by atoms with E-state index >= 15 is 0 Å². The second kappa shape index (κ2) is 11.0. The minimum Gasteiger partial charge on any atom is -0.495 e. The van der Waals surface area contributed by atoms with Crippen LogP contribution in [0, 0.1) is 0 Å². The lowest BCUT2D eigenvalue weighted by Crippen LogP contribution is -2.46. The maximum absolute atomic E-state index is 13.0. The fourth-order valence-corrected chi connectivity index (χ4v) is 3.57. The van der Waals surface area contributed by atoms with Gasteiger partial charge in [0.2, 0.25) is 5.91 Å². The summed E-state index contributed by atoms with van der Waals surface area (Å²) < 4.78 is 15.8. The standard InChI is InChI=1S/C26H29N3O8/c1-26(2,3)37-25(34)28-18(13-22(30)31)24(33)27-17-12-15(10-11-21(17)35-5)29(4)19-14-23(32)36-20-9-7-6-8-16(19)20/h6-12,14,18H,13H2,1-5H3,(H,27,33)(H,28,34)(H,30,31). The molecule has 0 saturated heterocycles. The lowest BCUT2D eigenvalue weighted by molar-refractivity contribution is -0.139. The van der Waals surface area contributed by atoms with E-state index in [1.165, 1.54) is 13.2 Å². The van der Waals surface area contributed by atoms with E-state index < -0.39 is 41.7 Å². The number of benzene rings is 2. The number of carbonyl (C=O) groups is 3. The van der Waals surface area contributed by atoms with Crippen LogP contribution in [0.2, 0.25) is 0 Å². The van der Waals surface area contributed by atoms with Crippen molar-refractivity contribution < 1.29 is 33.4 Å². The molecule has 11 heteroatoms. The van der Waals surface area contributed by atoms with Crippen LogP contribution in [-0.2, 0) is 14.3 Å². The van der Waals surface area contributed by atoms with Crippen molar-refractivity contribution in [2.45, 2.75) is 38.8 Å². The van der Waals surface area contributed by atoms with E-state index in [-0.39, 0.29) is 5.69 Å². The Morgan fingerprint density at radius 3 is 2.46 bits per heavy atom. The van der Waals surface area contributed by atoms with Crippen molar-refractivity contribution in [3.8, 4) is 5.75 Å². The zero-order valence-corrected chi connectivity index (χ0v) is 21.2. The highest BCUT2D eigenvalue weighted by atomic mass is 16.6. The molecule has 0 saturated carbocycles. The van der Waals surface area contributed by atoms with Crippen molar-refractivity contribution in [1.82, 2.24) is 5.32 Å². The predicted molar refractivity (Wildman–Crippen MR) is 138 cm³/mol. The molecule has 2 aromatic carbocycles. The molecule has 196 valence electrons. The molecule has 1 aromatic heterocycles. The number of hydrogen-bond acceptors (Lipinski definition) is 8. The van der Waals surface area contributed by atoms with Crippen molar-refractivity contribution in [3.63, 3.8) is 0 Å². The van der Waals surface area contributed by atoms with Gasteiger partial charge in [0.1, 0.15) is 23.0 Å². The average molecular weight is 512 g/mol. The molecule has 3 rings (SSSR count). The number of aliphatic carboxylic acids is 1. The molecule has 1 heterocycles. The van der Waals surface area contributed by atoms with Gasteiger partial charge < -0.3 is 34.5 Å². The largest absolute Gasteiger partial charge is 0.495 e. The highest BCUT2D eigenvalue weighted by molar-refractivity contribution is 6.00. The lowest BCUT2D eigenvalue weighted by atomic mass is 10.1. The van der Waals surface area contributed by atoms with Gasteiger partial charge in [-0.25, -0.2) is 9.59 Å². The van der Waals surface area contributed by atoms with E-state index in [4.69, 9.17) is 13.9 Å². The third-order valence-corrected chi connectivity index (χ3v) is 5.20. The number of nitrogens with one attached hydrogen (secondary N) is 2. The number of methoxy groups -OCH3 is 1. The van der Waals surface area contributed by atoms with Gasteiger partial charge >= 0.3 is 17.7 Å². The van der Waals surface area contributed by atoms with E-state index in [0.717, 1.165) is 0 Å². The van der Waals surface area contributed by atoms with Crippen LogP contribution in [0.4, 0.5) is 21.9 Å². The molecule has 1 atom stereocenters. The van der Waals surface area contributed by atoms with E-state index in [1.54, 1.807) is 63.1 Å². The number of para-hydroxylation sites is 1. The number of hydrogen-bond donors (Lipinski definition) is 3. The zero-order valence-electron chi connectivity index (χ0n) is 21.2. The summed E-state index contributed by atoms with van der Waals surface area (Å²) in [4.78, 5) is 50.4. The zero-order chi connectivity index (χ0) is 27.3. The molecule has 3 N–H and O–H groups in total. The smallest absolute Gasteiger partial charge is 0.408 e. The molecule has 0 fully saturated rings. The molecule has 0 spiro atoms. The van der Waals surface area contributed by atoms with Crippen LogP contribution in [0.1, 0.15) is 27.2 Å². The number of anilines is 3. The van der Waals surface area contributed by atoms with Crippen molar-refractivity contribution >= 4 is 46.0 Å². The maximum atomic E-state index is 13.0. The molecule has 0 bridgehead atoms. The van der Waals surface area contributed by atoms with Crippen LogP contribution in [0.3, 0.4) is 0 Å². The third-order valence-electron chi connectivity index (χ3n) is 5.20. The highest BCUT2D eigenvalue weighted by Crippen LogP contribution is 2.34. The fraction of sp³-hybridized carbons (Fsp3) is 0.308. The number of nitrogens with zero attached hydrogens (tertiary/aromatic N) is 1. The van der Waals surface area contributed by atoms with Crippen molar-refractivity contribution in [2.24, 2.45) is 0 Å².